The second-order valence-corrected chi connectivity index (χ2v) is 8.18. The smallest absolute Gasteiger partial charge is 0.840 e. The van der Waals surface area contributed by atoms with E-state index in [0.717, 1.165) is 0 Å². The van der Waals surface area contributed by atoms with Gasteiger partial charge in [0.05, 0.1) is 5.85 Å². The van der Waals surface area contributed by atoms with Crippen molar-refractivity contribution >= 4 is 8.38 Å². The first kappa shape index (κ1) is 25.6. The van der Waals surface area contributed by atoms with Crippen molar-refractivity contribution < 1.29 is 79.1 Å². The Kier molecular flexibility index (Phi) is 10.6. The molecule has 7 heteroatoms. The van der Waals surface area contributed by atoms with Crippen LogP contribution in [0, 0.1) is 0 Å². The second-order valence-electron chi connectivity index (χ2n) is 7.12. The molecule has 0 amide bonds. The number of phenolic OH excluding ortho intramolecular Hbond substituents is 1. The minimum Gasteiger partial charge on any atom is -0.840 e. The van der Waals surface area contributed by atoms with E-state index in [1.54, 1.807) is 12.1 Å². The molecule has 0 aliphatic heterocycles. The van der Waals surface area contributed by atoms with Crippen LogP contribution in [0.5, 0.6) is 5.75 Å². The second kappa shape index (κ2) is 9.15. The van der Waals surface area contributed by atoms with E-state index in [1.807, 2.05) is 41.5 Å². The fourth-order valence-electron chi connectivity index (χ4n) is 2.07. The maximum atomic E-state index is 11.0. The van der Waals surface area contributed by atoms with Gasteiger partial charge in [0.25, 0.3) is 0 Å². The Balaban J connectivity index is 0. The molecular formula is C15H23Na2O4P. The summed E-state index contributed by atoms with van der Waals surface area (Å²) in [6, 6.07) is 3.14. The van der Waals surface area contributed by atoms with Gasteiger partial charge in [-0.2, -0.15) is 0 Å². The van der Waals surface area contributed by atoms with Gasteiger partial charge in [-0.3, -0.25) is 8.38 Å². The third-order valence-electron chi connectivity index (χ3n) is 3.25. The van der Waals surface area contributed by atoms with Gasteiger partial charge in [-0.05, 0) is 39.7 Å². The van der Waals surface area contributed by atoms with E-state index in [0.29, 0.717) is 16.7 Å². The molecule has 0 saturated heterocycles. The Morgan fingerprint density at radius 3 is 1.45 bits per heavy atom. The zero-order valence-electron chi connectivity index (χ0n) is 14.9. The van der Waals surface area contributed by atoms with Crippen LogP contribution in [0.2, 0.25) is 0 Å². The third-order valence-corrected chi connectivity index (χ3v) is 3.94. The van der Waals surface area contributed by atoms with Gasteiger partial charge in [0, 0.05) is 0 Å². The Labute approximate surface area is 178 Å². The molecule has 4 nitrogen and oxygen atoms in total. The fourth-order valence-corrected chi connectivity index (χ4v) is 2.46. The summed E-state index contributed by atoms with van der Waals surface area (Å²) in [5, 5.41) is 20.3. The van der Waals surface area contributed by atoms with Crippen molar-refractivity contribution in [1.29, 1.82) is 0 Å². The van der Waals surface area contributed by atoms with Crippen molar-refractivity contribution in [2.75, 3.05) is 0 Å². The molecule has 2 N–H and O–H groups in total. The van der Waals surface area contributed by atoms with Crippen LogP contribution < -0.4 is 68.9 Å². The standard InChI is InChI=1S/C15H23O4P.2Na/c1-14(2,3)10-7-9(13(17)20(18)19)8-11(12(10)16)15(4,5)6;;/h7-8,13,16-17H,1-6H3;;/q-2;2*+1. The Hall–Kier alpha value is 1.33. The summed E-state index contributed by atoms with van der Waals surface area (Å²) in [5.41, 5.74) is 0.864. The molecule has 0 aliphatic carbocycles. The number of aliphatic hydroxyl groups excluding tert-OH is 1. The number of hydrogen-bond donors (Lipinski definition) is 2. The van der Waals surface area contributed by atoms with Gasteiger partial charge >= 0.3 is 59.1 Å². The average Bonchev–Trinajstić information content (AvgIpc) is 2.24. The number of hydrogen-bond acceptors (Lipinski definition) is 4. The average molecular weight is 344 g/mol. The predicted octanol–water partition coefficient (Wildman–Crippen LogP) is -3.98. The van der Waals surface area contributed by atoms with Crippen LogP contribution in [-0.4, -0.2) is 10.2 Å². The molecule has 0 aromatic heterocycles. The van der Waals surface area contributed by atoms with Gasteiger partial charge in [0.1, 0.15) is 5.75 Å². The van der Waals surface area contributed by atoms with Crippen LogP contribution in [0.3, 0.4) is 0 Å². The minimum atomic E-state index is -2.97. The number of aromatic hydroxyl groups is 1. The van der Waals surface area contributed by atoms with Crippen molar-refractivity contribution in [3.63, 3.8) is 0 Å². The molecule has 0 heterocycles. The summed E-state index contributed by atoms with van der Waals surface area (Å²) in [4.78, 5) is 22.1. The van der Waals surface area contributed by atoms with E-state index in [1.165, 1.54) is 0 Å². The minimum absolute atomic E-state index is 0. The van der Waals surface area contributed by atoms with E-state index < -0.39 is 14.2 Å². The van der Waals surface area contributed by atoms with Gasteiger partial charge < -0.3 is 20.0 Å². The summed E-state index contributed by atoms with van der Waals surface area (Å²) in [7, 11) is -2.97. The van der Waals surface area contributed by atoms with Crippen LogP contribution in [0.1, 0.15) is 64.1 Å². The van der Waals surface area contributed by atoms with Crippen molar-refractivity contribution in [3.05, 3.63) is 28.8 Å². The molecular weight excluding hydrogens is 321 g/mol. The quantitative estimate of drug-likeness (QED) is 0.423. The summed E-state index contributed by atoms with van der Waals surface area (Å²) < 4.78 is 0. The van der Waals surface area contributed by atoms with Crippen LogP contribution in [0.25, 0.3) is 0 Å². The van der Waals surface area contributed by atoms with E-state index in [-0.39, 0.29) is 75.7 Å². The fraction of sp³-hybridized carbons (Fsp3) is 0.600. The first-order chi connectivity index (χ1) is 8.85. The zero-order valence-corrected chi connectivity index (χ0v) is 19.8. The third kappa shape index (κ3) is 6.33. The Morgan fingerprint density at radius 2 is 1.23 bits per heavy atom. The molecule has 1 aromatic rings. The first-order valence-electron chi connectivity index (χ1n) is 6.55. The summed E-state index contributed by atoms with van der Waals surface area (Å²) >= 11 is 0. The molecule has 0 aliphatic rings. The van der Waals surface area contributed by atoms with Crippen molar-refractivity contribution in [2.45, 2.75) is 58.2 Å². The Bertz CT molecular complexity index is 458. The van der Waals surface area contributed by atoms with Crippen LogP contribution in [0.15, 0.2) is 12.1 Å². The molecule has 0 bridgehead atoms. The molecule has 1 unspecified atom stereocenters. The monoisotopic (exact) mass is 344 g/mol. The van der Waals surface area contributed by atoms with Crippen molar-refractivity contribution in [3.8, 4) is 5.75 Å². The van der Waals surface area contributed by atoms with E-state index in [9.17, 15) is 20.0 Å². The van der Waals surface area contributed by atoms with Gasteiger partial charge in [-0.15, -0.1) is 0 Å². The zero-order chi connectivity index (χ0) is 15.9. The predicted molar refractivity (Wildman–Crippen MR) is 77.4 cm³/mol. The van der Waals surface area contributed by atoms with Crippen molar-refractivity contribution in [1.82, 2.24) is 0 Å². The molecule has 114 valence electrons. The Morgan fingerprint density at radius 1 is 0.909 bits per heavy atom. The van der Waals surface area contributed by atoms with Gasteiger partial charge in [-0.25, -0.2) is 0 Å². The van der Waals surface area contributed by atoms with Gasteiger partial charge in [0.15, 0.2) is 0 Å². The largest absolute Gasteiger partial charge is 1.00 e. The molecule has 0 saturated carbocycles. The van der Waals surface area contributed by atoms with Crippen LogP contribution in [0.4, 0.5) is 0 Å². The summed E-state index contributed by atoms with van der Waals surface area (Å²) in [6.45, 7) is 11.6. The molecule has 1 aromatic carbocycles. The molecule has 1 rings (SSSR count). The number of rotatable bonds is 2. The normalized spacial score (nSPS) is 13.4. The topological polar surface area (TPSA) is 86.6 Å². The molecule has 0 fully saturated rings. The number of benzene rings is 1. The molecule has 22 heavy (non-hydrogen) atoms. The van der Waals surface area contributed by atoms with Crippen LogP contribution in [-0.2, 0) is 10.8 Å². The molecule has 0 spiro atoms. The summed E-state index contributed by atoms with van der Waals surface area (Å²) in [6.07, 6.45) is 0. The maximum Gasteiger partial charge on any atom is 1.00 e. The van der Waals surface area contributed by atoms with Gasteiger partial charge in [-0.1, -0.05) is 41.5 Å². The molecule has 1 atom stereocenters. The SMILES string of the molecule is CC(C)(C)c1cc(C(O)P([O-])[O-])cc(C(C)(C)C)c1O.[Na+].[Na+]. The van der Waals surface area contributed by atoms with E-state index >= 15 is 0 Å². The van der Waals surface area contributed by atoms with Crippen LogP contribution >= 0.6 is 8.38 Å². The van der Waals surface area contributed by atoms with E-state index in [4.69, 9.17) is 0 Å². The van der Waals surface area contributed by atoms with Crippen molar-refractivity contribution in [2.24, 2.45) is 0 Å². The van der Waals surface area contributed by atoms with Gasteiger partial charge in [0.2, 0.25) is 0 Å². The maximum absolute atomic E-state index is 11.0. The summed E-state index contributed by atoms with van der Waals surface area (Å²) in [5.74, 6) is -1.38. The number of aliphatic hydroxyl groups is 1. The molecule has 0 radical (unpaired) electrons. The van der Waals surface area contributed by atoms with E-state index in [2.05, 4.69) is 0 Å². The first-order valence-corrected chi connectivity index (χ1v) is 7.80. The number of phenols is 1.